The van der Waals surface area contributed by atoms with Gasteiger partial charge in [-0.05, 0) is 113 Å². The second-order valence-corrected chi connectivity index (χ2v) is 15.3. The van der Waals surface area contributed by atoms with E-state index in [2.05, 4.69) is 183 Å². The van der Waals surface area contributed by atoms with E-state index in [1.165, 1.54) is 115 Å². The van der Waals surface area contributed by atoms with Gasteiger partial charge in [0.1, 0.15) is 0 Å². The monoisotopic (exact) mass is 694 g/mol. The average molecular weight is 695 g/mol. The lowest BCUT2D eigenvalue weighted by Gasteiger charge is -2.21. The quantitative estimate of drug-likeness (QED) is 0.146. The van der Waals surface area contributed by atoms with Crippen molar-refractivity contribution in [2.75, 3.05) is 0 Å². The van der Waals surface area contributed by atoms with Crippen LogP contribution in [0.2, 0.25) is 0 Å². The summed E-state index contributed by atoms with van der Waals surface area (Å²) in [6, 6.07) is 65.6. The first kappa shape index (κ1) is 31.7. The van der Waals surface area contributed by atoms with Gasteiger partial charge in [0.15, 0.2) is 0 Å². The molecule has 0 spiro atoms. The summed E-state index contributed by atoms with van der Waals surface area (Å²) in [4.78, 5) is 0. The Morgan fingerprint density at radius 1 is 0.396 bits per heavy atom. The molecule has 1 aromatic heterocycles. The van der Waals surface area contributed by atoms with Gasteiger partial charge in [-0.3, -0.25) is 0 Å². The highest BCUT2D eigenvalue weighted by atomic mass is 32.1. The van der Waals surface area contributed by atoms with Crippen LogP contribution in [0.25, 0.3) is 97.0 Å². The van der Waals surface area contributed by atoms with Gasteiger partial charge in [-0.2, -0.15) is 0 Å². The third-order valence-electron chi connectivity index (χ3n) is 11.1. The van der Waals surface area contributed by atoms with Crippen LogP contribution >= 0.6 is 11.3 Å². The summed E-state index contributed by atoms with van der Waals surface area (Å²) in [6.45, 7) is 2.27. The molecule has 252 valence electrons. The minimum atomic E-state index is 1.14. The van der Waals surface area contributed by atoms with Gasteiger partial charge < -0.3 is 0 Å². The van der Waals surface area contributed by atoms with Gasteiger partial charge in [0.2, 0.25) is 0 Å². The van der Waals surface area contributed by atoms with Crippen molar-refractivity contribution in [2.45, 2.75) is 26.2 Å². The third-order valence-corrected chi connectivity index (χ3v) is 12.2. The average Bonchev–Trinajstić information content (AvgIpc) is 3.60. The number of thiophene rings is 1. The van der Waals surface area contributed by atoms with Crippen LogP contribution in [0.1, 0.15) is 25.3 Å². The minimum absolute atomic E-state index is 1.14. The summed E-state index contributed by atoms with van der Waals surface area (Å²) in [5.41, 5.74) is 11.6. The lowest BCUT2D eigenvalue weighted by Crippen LogP contribution is -1.93. The topological polar surface area (TPSA) is 0 Å². The molecule has 0 atom stereocenters. The maximum Gasteiger partial charge on any atom is 0.0361 e. The van der Waals surface area contributed by atoms with Crippen molar-refractivity contribution in [1.82, 2.24) is 0 Å². The predicted octanol–water partition coefficient (Wildman–Crippen LogP) is 15.5. The number of aryl methyl sites for hydroxylation is 1. The van der Waals surface area contributed by atoms with Crippen LogP contribution in [0.15, 0.2) is 176 Å². The van der Waals surface area contributed by atoms with Gasteiger partial charge >= 0.3 is 0 Å². The standard InChI is InChI=1S/C52H38S/c1-2-3-15-34-28-31-46-49(32-34)53-48-27-14-26-40(52(46)48)38-19-7-8-20-39(38)50-41-21-9-11-23-43(41)51(44-24-12-10-22-42(44)50)45-25-13-18-36-29-30-37(33-47(36)45)35-16-5-4-6-17-35/h4-14,16-33H,2-3,15H2,1H3. The van der Waals surface area contributed by atoms with Gasteiger partial charge in [-0.1, -0.05) is 171 Å². The molecule has 0 saturated heterocycles. The largest absolute Gasteiger partial charge is 0.135 e. The fraction of sp³-hybridized carbons (Fsp3) is 0.0769. The Morgan fingerprint density at radius 2 is 1.02 bits per heavy atom. The summed E-state index contributed by atoms with van der Waals surface area (Å²) in [7, 11) is 0. The molecule has 0 unspecified atom stereocenters. The second-order valence-electron chi connectivity index (χ2n) is 14.2. The minimum Gasteiger partial charge on any atom is -0.135 e. The number of fused-ring (bicyclic) bond motifs is 6. The molecule has 0 amide bonds. The molecule has 0 aliphatic carbocycles. The van der Waals surface area contributed by atoms with Crippen LogP contribution < -0.4 is 0 Å². The zero-order valence-corrected chi connectivity index (χ0v) is 30.6. The molecule has 9 aromatic carbocycles. The molecule has 0 bridgehead atoms. The van der Waals surface area contributed by atoms with Gasteiger partial charge in [0.05, 0.1) is 0 Å². The zero-order chi connectivity index (χ0) is 35.3. The van der Waals surface area contributed by atoms with E-state index in [0.29, 0.717) is 0 Å². The Kier molecular flexibility index (Phi) is 7.89. The van der Waals surface area contributed by atoms with E-state index >= 15 is 0 Å². The van der Waals surface area contributed by atoms with Gasteiger partial charge in [-0.25, -0.2) is 0 Å². The smallest absolute Gasteiger partial charge is 0.0361 e. The van der Waals surface area contributed by atoms with E-state index < -0.39 is 0 Å². The molecule has 0 fully saturated rings. The summed E-state index contributed by atoms with van der Waals surface area (Å²) in [5, 5.41) is 10.3. The molecule has 53 heavy (non-hydrogen) atoms. The number of hydrogen-bond acceptors (Lipinski definition) is 1. The molecule has 10 rings (SSSR count). The van der Waals surface area contributed by atoms with Crippen molar-refractivity contribution in [3.05, 3.63) is 181 Å². The first-order chi connectivity index (χ1) is 26.3. The maximum absolute atomic E-state index is 2.43. The second kappa shape index (κ2) is 13.2. The van der Waals surface area contributed by atoms with Crippen molar-refractivity contribution in [1.29, 1.82) is 0 Å². The number of rotatable bonds is 7. The zero-order valence-electron chi connectivity index (χ0n) is 29.8. The molecule has 0 N–H and O–H groups in total. The van der Waals surface area contributed by atoms with Crippen molar-refractivity contribution in [2.24, 2.45) is 0 Å². The first-order valence-electron chi connectivity index (χ1n) is 18.8. The van der Waals surface area contributed by atoms with Gasteiger partial charge in [0, 0.05) is 20.2 Å². The molecule has 1 heterocycles. The van der Waals surface area contributed by atoms with Crippen LogP contribution in [0.5, 0.6) is 0 Å². The van der Waals surface area contributed by atoms with Crippen LogP contribution in [0.4, 0.5) is 0 Å². The Labute approximate surface area is 314 Å². The fourth-order valence-electron chi connectivity index (χ4n) is 8.58. The predicted molar refractivity (Wildman–Crippen MR) is 232 cm³/mol. The van der Waals surface area contributed by atoms with E-state index in [1.54, 1.807) is 0 Å². The van der Waals surface area contributed by atoms with Crippen LogP contribution in [0, 0.1) is 0 Å². The lowest BCUT2D eigenvalue weighted by molar-refractivity contribution is 0.796. The Hall–Kier alpha value is -6.02. The van der Waals surface area contributed by atoms with Crippen LogP contribution in [-0.4, -0.2) is 0 Å². The Morgan fingerprint density at radius 3 is 1.75 bits per heavy atom. The normalized spacial score (nSPS) is 11.7. The van der Waals surface area contributed by atoms with Crippen molar-refractivity contribution >= 4 is 63.8 Å². The van der Waals surface area contributed by atoms with E-state index in [9.17, 15) is 0 Å². The van der Waals surface area contributed by atoms with E-state index in [0.717, 1.165) is 6.42 Å². The number of benzene rings is 9. The van der Waals surface area contributed by atoms with Crippen molar-refractivity contribution in [3.63, 3.8) is 0 Å². The first-order valence-corrected chi connectivity index (χ1v) is 19.6. The SMILES string of the molecule is CCCCc1ccc2c(c1)sc1cccc(-c3ccccc3-c3c4ccccc4c(-c4cccc5ccc(-c6ccccc6)cc45)c4ccccc34)c12. The van der Waals surface area contributed by atoms with Crippen LogP contribution in [-0.2, 0) is 6.42 Å². The highest BCUT2D eigenvalue weighted by molar-refractivity contribution is 7.26. The summed E-state index contributed by atoms with van der Waals surface area (Å²) >= 11 is 1.92. The van der Waals surface area contributed by atoms with E-state index in [4.69, 9.17) is 0 Å². The molecule has 0 nitrogen and oxygen atoms in total. The van der Waals surface area contributed by atoms with Gasteiger partial charge in [-0.15, -0.1) is 11.3 Å². The Balaban J connectivity index is 1.24. The van der Waals surface area contributed by atoms with Crippen molar-refractivity contribution < 1.29 is 0 Å². The molecule has 1 heteroatoms. The molecular weight excluding hydrogens is 657 g/mol. The van der Waals surface area contributed by atoms with Crippen molar-refractivity contribution in [3.8, 4) is 44.5 Å². The van der Waals surface area contributed by atoms with E-state index in [1.807, 2.05) is 11.3 Å². The molecule has 10 aromatic rings. The summed E-state index contributed by atoms with van der Waals surface area (Å²) in [5.74, 6) is 0. The van der Waals surface area contributed by atoms with E-state index in [-0.39, 0.29) is 0 Å². The number of hydrogen-bond donors (Lipinski definition) is 0. The Bertz CT molecular complexity index is 2920. The van der Waals surface area contributed by atoms with Gasteiger partial charge in [0.25, 0.3) is 0 Å². The molecule has 0 aliphatic rings. The third kappa shape index (κ3) is 5.35. The fourth-order valence-corrected chi connectivity index (χ4v) is 9.77. The molecule has 0 radical (unpaired) electrons. The molecule has 0 aliphatic heterocycles. The lowest BCUT2D eigenvalue weighted by atomic mass is 9.82. The summed E-state index contributed by atoms with van der Waals surface area (Å²) in [6.07, 6.45) is 3.58. The maximum atomic E-state index is 2.43. The molecule has 0 saturated carbocycles. The van der Waals surface area contributed by atoms with Crippen LogP contribution in [0.3, 0.4) is 0 Å². The number of unbranched alkanes of at least 4 members (excludes halogenated alkanes) is 1. The summed E-state index contributed by atoms with van der Waals surface area (Å²) < 4.78 is 2.72. The highest BCUT2D eigenvalue weighted by Gasteiger charge is 2.21. The molecular formula is C52H38S. The highest BCUT2D eigenvalue weighted by Crippen LogP contribution is 2.49.